The van der Waals surface area contributed by atoms with Crippen LogP contribution in [-0.4, -0.2) is 0 Å². The number of pyridine rings is 1. The fraction of sp³-hybridized carbons (Fsp3) is 0.706. The molecule has 116 valence electrons. The molecule has 0 unspecified atom stereocenters. The van der Waals surface area contributed by atoms with Crippen LogP contribution in [0, 0.1) is 0 Å². The van der Waals surface area contributed by atoms with Crippen LogP contribution in [0.4, 0.5) is 0 Å². The highest BCUT2D eigenvalue weighted by Crippen LogP contribution is 2.10. The largest absolute Gasteiger partial charge is 1.00 e. The highest BCUT2D eigenvalue weighted by Gasteiger charge is 1.99. The summed E-state index contributed by atoms with van der Waals surface area (Å²) in [6.07, 6.45) is 18.3. The van der Waals surface area contributed by atoms with Gasteiger partial charge >= 0.3 is 0 Å². The van der Waals surface area contributed by atoms with Gasteiger partial charge in [0.15, 0.2) is 12.4 Å². The van der Waals surface area contributed by atoms with Gasteiger partial charge in [-0.1, -0.05) is 58.3 Å². The highest BCUT2D eigenvalue weighted by molar-refractivity contribution is 7.80. The predicted octanol–water partition coefficient (Wildman–Crippen LogP) is 2.19. The zero-order chi connectivity index (χ0) is 13.8. The Bertz CT molecular complexity index is 313. The summed E-state index contributed by atoms with van der Waals surface area (Å²) in [7, 11) is 0. The van der Waals surface area contributed by atoms with E-state index in [-0.39, 0.29) is 17.0 Å². The van der Waals surface area contributed by atoms with Crippen molar-refractivity contribution < 1.29 is 21.5 Å². The topological polar surface area (TPSA) is 3.88 Å². The maximum Gasteiger partial charge on any atom is 0.169 e. The van der Waals surface area contributed by atoms with E-state index < -0.39 is 0 Å². The maximum absolute atomic E-state index is 4.30. The number of thiol groups is 1. The second-order valence-electron chi connectivity index (χ2n) is 5.48. The zero-order valence-corrected chi connectivity index (χ0v) is 15.3. The van der Waals surface area contributed by atoms with E-state index in [1.54, 1.807) is 0 Å². The van der Waals surface area contributed by atoms with Gasteiger partial charge in [-0.05, 0) is 6.42 Å². The fourth-order valence-corrected chi connectivity index (χ4v) is 2.51. The van der Waals surface area contributed by atoms with Crippen molar-refractivity contribution in [2.45, 2.75) is 82.6 Å². The predicted molar refractivity (Wildman–Crippen MR) is 85.7 cm³/mol. The number of rotatable bonds is 11. The van der Waals surface area contributed by atoms with E-state index in [1.165, 1.54) is 64.2 Å². The van der Waals surface area contributed by atoms with Crippen LogP contribution < -0.4 is 21.5 Å². The second kappa shape index (κ2) is 13.9. The van der Waals surface area contributed by atoms with Gasteiger partial charge in [-0.2, -0.15) is 0 Å². The highest BCUT2D eigenvalue weighted by atomic mass is 79.9. The minimum absolute atomic E-state index is 0. The van der Waals surface area contributed by atoms with Gasteiger partial charge in [-0.15, -0.1) is 12.6 Å². The van der Waals surface area contributed by atoms with Gasteiger partial charge in [0.05, 0.1) is 0 Å². The molecule has 1 aromatic heterocycles. The molecular weight excluding hydrogens is 330 g/mol. The third-order valence-electron chi connectivity index (χ3n) is 3.64. The summed E-state index contributed by atoms with van der Waals surface area (Å²) in [5, 5.41) is 0. The van der Waals surface area contributed by atoms with Crippen LogP contribution in [-0.2, 0) is 6.54 Å². The molecule has 0 saturated heterocycles. The Kier molecular flexibility index (Phi) is 13.9. The van der Waals surface area contributed by atoms with E-state index in [0.29, 0.717) is 0 Å². The molecule has 1 heterocycles. The molecule has 0 aliphatic rings. The molecule has 1 aromatic rings. The van der Waals surface area contributed by atoms with Crippen molar-refractivity contribution >= 4 is 12.6 Å². The monoisotopic (exact) mass is 359 g/mol. The van der Waals surface area contributed by atoms with Gasteiger partial charge in [0, 0.05) is 23.4 Å². The lowest BCUT2D eigenvalue weighted by Crippen LogP contribution is -3.00. The SMILES string of the molecule is CCCCCCCCCCCC[n+]1ccc(S)cc1.[Br-]. The van der Waals surface area contributed by atoms with E-state index in [4.69, 9.17) is 0 Å². The molecule has 3 heteroatoms. The molecule has 0 aromatic carbocycles. The first kappa shape index (κ1) is 20.0. The molecule has 0 aliphatic carbocycles. The molecule has 20 heavy (non-hydrogen) atoms. The minimum Gasteiger partial charge on any atom is -1.00 e. The third kappa shape index (κ3) is 10.7. The van der Waals surface area contributed by atoms with Gasteiger partial charge < -0.3 is 17.0 Å². The molecule has 1 rings (SSSR count). The number of nitrogens with zero attached hydrogens (tertiary/aromatic N) is 1. The Morgan fingerprint density at radius 2 is 1.25 bits per heavy atom. The Morgan fingerprint density at radius 1 is 0.800 bits per heavy atom. The summed E-state index contributed by atoms with van der Waals surface area (Å²) in [5.41, 5.74) is 0. The smallest absolute Gasteiger partial charge is 0.169 e. The lowest BCUT2D eigenvalue weighted by atomic mass is 10.1. The third-order valence-corrected chi connectivity index (χ3v) is 3.94. The first-order valence-electron chi connectivity index (χ1n) is 8.01. The quantitative estimate of drug-likeness (QED) is 0.350. The van der Waals surface area contributed by atoms with Crippen LogP contribution in [0.1, 0.15) is 71.1 Å². The number of aryl methyl sites for hydroxylation is 1. The average Bonchev–Trinajstić information content (AvgIpc) is 2.43. The number of hydrogen-bond acceptors (Lipinski definition) is 1. The molecule has 1 nitrogen and oxygen atoms in total. The number of aromatic nitrogens is 1. The zero-order valence-electron chi connectivity index (χ0n) is 12.9. The van der Waals surface area contributed by atoms with E-state index >= 15 is 0 Å². The van der Waals surface area contributed by atoms with Crippen molar-refractivity contribution in [3.8, 4) is 0 Å². The molecule has 0 saturated carbocycles. The molecule has 0 fully saturated rings. The maximum atomic E-state index is 4.30. The molecule has 0 N–H and O–H groups in total. The molecule has 0 radical (unpaired) electrons. The first-order valence-corrected chi connectivity index (χ1v) is 8.45. The van der Waals surface area contributed by atoms with Crippen LogP contribution in [0.5, 0.6) is 0 Å². The van der Waals surface area contributed by atoms with E-state index in [9.17, 15) is 0 Å². The van der Waals surface area contributed by atoms with Gasteiger partial charge in [0.1, 0.15) is 6.54 Å². The van der Waals surface area contributed by atoms with E-state index in [2.05, 4.69) is 48.6 Å². The summed E-state index contributed by atoms with van der Waals surface area (Å²) in [4.78, 5) is 1.04. The van der Waals surface area contributed by atoms with E-state index in [0.717, 1.165) is 11.4 Å². The number of unbranched alkanes of at least 4 members (excludes halogenated alkanes) is 9. The lowest BCUT2D eigenvalue weighted by Gasteiger charge is -2.01. The van der Waals surface area contributed by atoms with E-state index in [1.807, 2.05) is 0 Å². The van der Waals surface area contributed by atoms with Gasteiger partial charge in [0.2, 0.25) is 0 Å². The Morgan fingerprint density at radius 3 is 1.75 bits per heavy atom. The normalized spacial score (nSPS) is 10.3. The summed E-state index contributed by atoms with van der Waals surface area (Å²) >= 11 is 4.30. The van der Waals surface area contributed by atoms with Crippen LogP contribution >= 0.6 is 12.6 Å². The van der Waals surface area contributed by atoms with Gasteiger partial charge in [-0.3, -0.25) is 0 Å². The summed E-state index contributed by atoms with van der Waals surface area (Å²) < 4.78 is 2.25. The van der Waals surface area contributed by atoms with Crippen molar-refractivity contribution in [3.63, 3.8) is 0 Å². The van der Waals surface area contributed by atoms with Crippen molar-refractivity contribution in [3.05, 3.63) is 24.5 Å². The second-order valence-corrected chi connectivity index (χ2v) is 5.99. The summed E-state index contributed by atoms with van der Waals surface area (Å²) in [5.74, 6) is 0. The minimum atomic E-state index is 0. The molecule has 0 bridgehead atoms. The Balaban J connectivity index is 0.00000361. The van der Waals surface area contributed by atoms with Crippen molar-refractivity contribution in [2.24, 2.45) is 0 Å². The molecule has 0 amide bonds. The van der Waals surface area contributed by atoms with Crippen LogP contribution in [0.15, 0.2) is 29.4 Å². The lowest BCUT2D eigenvalue weighted by molar-refractivity contribution is -0.697. The standard InChI is InChI=1S/C17H29NS.BrH/c1-2-3-4-5-6-7-8-9-10-11-14-18-15-12-17(19)13-16-18;/h12-13,15-16H,2-11,14H2,1H3;1H. The van der Waals surface area contributed by atoms with Crippen LogP contribution in [0.2, 0.25) is 0 Å². The van der Waals surface area contributed by atoms with Crippen molar-refractivity contribution in [1.29, 1.82) is 0 Å². The molecule has 0 spiro atoms. The Hall–Kier alpha value is -0.0200. The molecular formula is C17H30BrNS. The van der Waals surface area contributed by atoms with Gasteiger partial charge in [-0.25, -0.2) is 4.57 Å². The fourth-order valence-electron chi connectivity index (χ4n) is 2.38. The molecule has 0 atom stereocenters. The number of halogens is 1. The average molecular weight is 360 g/mol. The van der Waals surface area contributed by atoms with Gasteiger partial charge in [0.25, 0.3) is 0 Å². The van der Waals surface area contributed by atoms with Crippen LogP contribution in [0.3, 0.4) is 0 Å². The van der Waals surface area contributed by atoms with Crippen LogP contribution in [0.25, 0.3) is 0 Å². The van der Waals surface area contributed by atoms with Crippen molar-refractivity contribution in [1.82, 2.24) is 0 Å². The number of hydrogen-bond donors (Lipinski definition) is 1. The summed E-state index contributed by atoms with van der Waals surface area (Å²) in [6.45, 7) is 3.42. The molecule has 0 aliphatic heterocycles. The Labute approximate surface area is 141 Å². The van der Waals surface area contributed by atoms with Crippen molar-refractivity contribution in [2.75, 3.05) is 0 Å². The first-order chi connectivity index (χ1) is 9.33. The summed E-state index contributed by atoms with van der Waals surface area (Å²) in [6, 6.07) is 4.11.